The second-order valence-electron chi connectivity index (χ2n) is 6.12. The van der Waals surface area contributed by atoms with Gasteiger partial charge in [-0.25, -0.2) is 8.42 Å². The van der Waals surface area contributed by atoms with E-state index in [2.05, 4.69) is 5.16 Å². The average Bonchev–Trinajstić information content (AvgIpc) is 2.42. The van der Waals surface area contributed by atoms with Crippen LogP contribution in [-0.4, -0.2) is 36.8 Å². The summed E-state index contributed by atoms with van der Waals surface area (Å²) in [5.41, 5.74) is 5.85. The zero-order chi connectivity index (χ0) is 17.8. The molecule has 0 saturated heterocycles. The molecule has 0 aromatic heterocycles. The van der Waals surface area contributed by atoms with Gasteiger partial charge in [-0.05, 0) is 51.5 Å². The predicted molar refractivity (Wildman–Crippen MR) is 86.2 cm³/mol. The van der Waals surface area contributed by atoms with Crippen LogP contribution < -0.4 is 5.73 Å². The molecule has 0 aliphatic heterocycles. The number of carbonyl (C=O) groups excluding carboxylic acids is 1. The van der Waals surface area contributed by atoms with E-state index in [9.17, 15) is 13.2 Å². The lowest BCUT2D eigenvalue weighted by Gasteiger charge is -2.19. The lowest BCUT2D eigenvalue weighted by molar-refractivity contribution is -0.154. The zero-order valence-corrected chi connectivity index (χ0v) is 14.5. The van der Waals surface area contributed by atoms with Crippen LogP contribution in [0.1, 0.15) is 38.3 Å². The van der Waals surface area contributed by atoms with Crippen LogP contribution in [0.5, 0.6) is 0 Å². The van der Waals surface area contributed by atoms with Crippen LogP contribution in [0, 0.1) is 6.92 Å². The topological polar surface area (TPSA) is 119 Å². The van der Waals surface area contributed by atoms with Crippen LogP contribution in [0.25, 0.3) is 0 Å². The summed E-state index contributed by atoms with van der Waals surface area (Å²) < 4.78 is 29.7. The molecule has 23 heavy (non-hydrogen) atoms. The Morgan fingerprint density at radius 1 is 1.35 bits per heavy atom. The number of ether oxygens (including phenoxy) is 1. The largest absolute Gasteiger partial charge is 0.460 e. The molecule has 128 valence electrons. The van der Waals surface area contributed by atoms with Crippen LogP contribution in [0.15, 0.2) is 28.3 Å². The molecule has 0 heterocycles. The maximum absolute atomic E-state index is 12.3. The van der Waals surface area contributed by atoms with E-state index in [0.717, 1.165) is 0 Å². The van der Waals surface area contributed by atoms with Gasteiger partial charge < -0.3 is 15.7 Å². The number of hydrogen-bond acceptors (Lipinski definition) is 6. The fourth-order valence-corrected chi connectivity index (χ4v) is 3.20. The van der Waals surface area contributed by atoms with E-state index >= 15 is 0 Å². The van der Waals surface area contributed by atoms with Gasteiger partial charge in [0.1, 0.15) is 5.60 Å². The SMILES string of the molecule is Cc1cc(S(=O)(=O)CCC(=O)OC(C)(C)C)ccc1/C(N)=N/O. The van der Waals surface area contributed by atoms with Crippen LogP contribution in [0.4, 0.5) is 0 Å². The van der Waals surface area contributed by atoms with Crippen molar-refractivity contribution in [1.29, 1.82) is 0 Å². The van der Waals surface area contributed by atoms with E-state index in [4.69, 9.17) is 15.7 Å². The molecule has 3 N–H and O–H groups in total. The normalized spacial score (nSPS) is 13.0. The summed E-state index contributed by atoms with van der Waals surface area (Å²) in [5, 5.41) is 11.6. The van der Waals surface area contributed by atoms with Crippen LogP contribution >= 0.6 is 0 Å². The summed E-state index contributed by atoms with van der Waals surface area (Å²) in [7, 11) is -3.63. The van der Waals surface area contributed by atoms with Crippen molar-refractivity contribution >= 4 is 21.6 Å². The Morgan fingerprint density at radius 3 is 2.43 bits per heavy atom. The monoisotopic (exact) mass is 342 g/mol. The van der Waals surface area contributed by atoms with Gasteiger partial charge in [-0.15, -0.1) is 0 Å². The second kappa shape index (κ2) is 6.99. The van der Waals surface area contributed by atoms with Gasteiger partial charge in [-0.3, -0.25) is 4.79 Å². The van der Waals surface area contributed by atoms with Crippen LogP contribution in [0.3, 0.4) is 0 Å². The molecule has 7 nitrogen and oxygen atoms in total. The lowest BCUT2D eigenvalue weighted by Crippen LogP contribution is -2.25. The van der Waals surface area contributed by atoms with E-state index < -0.39 is 21.4 Å². The molecule has 0 atom stereocenters. The number of carbonyl (C=O) groups is 1. The third-order valence-electron chi connectivity index (χ3n) is 2.94. The van der Waals surface area contributed by atoms with Crippen molar-refractivity contribution in [3.05, 3.63) is 29.3 Å². The molecular weight excluding hydrogens is 320 g/mol. The molecular formula is C15H22N2O5S. The fourth-order valence-electron chi connectivity index (χ4n) is 1.90. The minimum atomic E-state index is -3.63. The molecule has 0 amide bonds. The fraction of sp³-hybridized carbons (Fsp3) is 0.467. The van der Waals surface area contributed by atoms with E-state index in [1.165, 1.54) is 18.2 Å². The molecule has 0 radical (unpaired) electrons. The van der Waals surface area contributed by atoms with Crippen LogP contribution in [0.2, 0.25) is 0 Å². The van der Waals surface area contributed by atoms with Gasteiger partial charge in [-0.2, -0.15) is 0 Å². The van der Waals surface area contributed by atoms with Gasteiger partial charge in [0.15, 0.2) is 15.7 Å². The molecule has 1 aromatic rings. The van der Waals surface area contributed by atoms with Crippen LogP contribution in [-0.2, 0) is 19.4 Å². The Bertz CT molecular complexity index is 718. The first-order valence-corrected chi connectivity index (χ1v) is 8.64. The maximum atomic E-state index is 12.3. The number of esters is 1. The number of aryl methyl sites for hydroxylation is 1. The summed E-state index contributed by atoms with van der Waals surface area (Å²) >= 11 is 0. The molecule has 0 unspecified atom stereocenters. The van der Waals surface area contributed by atoms with E-state index in [-0.39, 0.29) is 22.9 Å². The van der Waals surface area contributed by atoms with Crippen molar-refractivity contribution in [1.82, 2.24) is 0 Å². The summed E-state index contributed by atoms with van der Waals surface area (Å²) in [4.78, 5) is 11.7. The first-order valence-electron chi connectivity index (χ1n) is 6.99. The number of benzene rings is 1. The highest BCUT2D eigenvalue weighted by molar-refractivity contribution is 7.91. The Labute approximate surface area is 136 Å². The molecule has 1 aromatic carbocycles. The summed E-state index contributed by atoms with van der Waals surface area (Å²) in [5.74, 6) is -1.00. The number of nitrogens with two attached hydrogens (primary N) is 1. The van der Waals surface area contributed by atoms with Crippen molar-refractivity contribution < 1.29 is 23.2 Å². The Hall–Kier alpha value is -2.09. The first kappa shape index (κ1) is 19.0. The molecule has 1 rings (SSSR count). The van der Waals surface area contributed by atoms with Crippen molar-refractivity contribution in [2.24, 2.45) is 10.9 Å². The van der Waals surface area contributed by atoms with Crippen molar-refractivity contribution in [3.63, 3.8) is 0 Å². The first-order chi connectivity index (χ1) is 10.5. The standard InChI is InChI=1S/C15H22N2O5S/c1-10-9-11(5-6-12(10)14(16)17-19)23(20,21)8-7-13(18)22-15(2,3)4/h5-6,9,19H,7-8H2,1-4H3,(H2,16,17). The molecule has 8 heteroatoms. The minimum absolute atomic E-state index is 0.0769. The van der Waals surface area contributed by atoms with Gasteiger partial charge >= 0.3 is 5.97 Å². The minimum Gasteiger partial charge on any atom is -0.460 e. The van der Waals surface area contributed by atoms with E-state index in [1.54, 1.807) is 27.7 Å². The summed E-state index contributed by atoms with van der Waals surface area (Å²) in [6.07, 6.45) is -0.222. The van der Waals surface area contributed by atoms with Gasteiger partial charge in [0, 0.05) is 5.56 Å². The molecule has 0 fully saturated rings. The quantitative estimate of drug-likeness (QED) is 0.276. The molecule has 0 aliphatic carbocycles. The predicted octanol–water partition coefficient (Wildman–Crippen LogP) is 1.60. The lowest BCUT2D eigenvalue weighted by atomic mass is 10.1. The zero-order valence-electron chi connectivity index (χ0n) is 13.7. The number of sulfone groups is 1. The smallest absolute Gasteiger partial charge is 0.307 e. The maximum Gasteiger partial charge on any atom is 0.307 e. The van der Waals surface area contributed by atoms with Crippen molar-refractivity contribution in [2.45, 2.75) is 44.6 Å². The van der Waals surface area contributed by atoms with E-state index in [1.807, 2.05) is 0 Å². The Kier molecular flexibility index (Phi) is 5.76. The van der Waals surface area contributed by atoms with Gasteiger partial charge in [0.05, 0.1) is 17.1 Å². The number of oxime groups is 1. The van der Waals surface area contributed by atoms with Crippen molar-refractivity contribution in [3.8, 4) is 0 Å². The average molecular weight is 342 g/mol. The van der Waals surface area contributed by atoms with E-state index in [0.29, 0.717) is 11.1 Å². The van der Waals surface area contributed by atoms with Gasteiger partial charge in [-0.1, -0.05) is 5.16 Å². The number of amidine groups is 1. The third-order valence-corrected chi connectivity index (χ3v) is 4.65. The Balaban J connectivity index is 2.89. The molecule has 0 spiro atoms. The summed E-state index contributed by atoms with van der Waals surface area (Å²) in [6, 6.07) is 4.26. The highest BCUT2D eigenvalue weighted by Crippen LogP contribution is 2.18. The number of rotatable bonds is 5. The number of nitrogens with zero attached hydrogens (tertiary/aromatic N) is 1. The molecule has 0 saturated carbocycles. The molecule has 0 aliphatic rings. The second-order valence-corrected chi connectivity index (χ2v) is 8.23. The molecule has 0 bridgehead atoms. The number of hydrogen-bond donors (Lipinski definition) is 2. The third kappa shape index (κ3) is 5.55. The van der Waals surface area contributed by atoms with Gasteiger partial charge in [0.2, 0.25) is 0 Å². The van der Waals surface area contributed by atoms with Gasteiger partial charge in [0.25, 0.3) is 0 Å². The highest BCUT2D eigenvalue weighted by atomic mass is 32.2. The Morgan fingerprint density at radius 2 is 1.96 bits per heavy atom. The highest BCUT2D eigenvalue weighted by Gasteiger charge is 2.21. The summed E-state index contributed by atoms with van der Waals surface area (Å²) in [6.45, 7) is 6.80. The van der Waals surface area contributed by atoms with Crippen molar-refractivity contribution in [2.75, 3.05) is 5.75 Å².